The van der Waals surface area contributed by atoms with Crippen LogP contribution in [-0.2, 0) is 9.53 Å². The zero-order valence-corrected chi connectivity index (χ0v) is 15.0. The Morgan fingerprint density at radius 3 is 2.46 bits per heavy atom. The van der Waals surface area contributed by atoms with Crippen molar-refractivity contribution in [2.24, 2.45) is 0 Å². The van der Waals surface area contributed by atoms with Crippen LogP contribution in [0.4, 0.5) is 11.4 Å². The maximum absolute atomic E-state index is 12.5. The van der Waals surface area contributed by atoms with E-state index in [1.165, 1.54) is 0 Å². The van der Waals surface area contributed by atoms with Crippen molar-refractivity contribution in [2.45, 2.75) is 0 Å². The molecule has 0 atom stereocenters. The van der Waals surface area contributed by atoms with E-state index >= 15 is 0 Å². The average Bonchev–Trinajstić information content (AvgIpc) is 2.67. The van der Waals surface area contributed by atoms with E-state index in [1.54, 1.807) is 23.1 Å². The van der Waals surface area contributed by atoms with E-state index in [2.05, 4.69) is 10.6 Å². The third kappa shape index (κ3) is 4.74. The van der Waals surface area contributed by atoms with Gasteiger partial charge in [0.05, 0.1) is 30.3 Å². The summed E-state index contributed by atoms with van der Waals surface area (Å²) in [6.45, 7) is 2.31. The summed E-state index contributed by atoms with van der Waals surface area (Å²) >= 11 is 6.27. The first-order chi connectivity index (χ1) is 12.6. The van der Waals surface area contributed by atoms with Crippen LogP contribution in [0.1, 0.15) is 10.4 Å². The molecule has 0 unspecified atom stereocenters. The van der Waals surface area contributed by atoms with Crippen LogP contribution in [0.5, 0.6) is 0 Å². The van der Waals surface area contributed by atoms with Gasteiger partial charge in [-0.2, -0.15) is 0 Å². The Balaban J connectivity index is 1.57. The highest BCUT2D eigenvalue weighted by Gasteiger charge is 2.20. The summed E-state index contributed by atoms with van der Waals surface area (Å²) in [5.74, 6) is -0.271. The molecule has 0 aromatic heterocycles. The minimum Gasteiger partial charge on any atom is -0.378 e. The Labute approximate surface area is 157 Å². The Hall–Kier alpha value is -2.57. The number of para-hydroxylation sites is 1. The lowest BCUT2D eigenvalue weighted by molar-refractivity contribution is -0.114. The minimum absolute atomic E-state index is 0.0992. The largest absolute Gasteiger partial charge is 0.378 e. The predicted octanol–water partition coefficient (Wildman–Crippen LogP) is 2.86. The molecule has 2 aromatic carbocycles. The number of carbonyl (C=O) groups excluding carboxylic acids is 2. The zero-order chi connectivity index (χ0) is 18.4. The smallest absolute Gasteiger partial charge is 0.255 e. The minimum atomic E-state index is -0.166. The van der Waals surface area contributed by atoms with Gasteiger partial charge >= 0.3 is 0 Å². The molecule has 2 amide bonds. The first-order valence-corrected chi connectivity index (χ1v) is 8.76. The fourth-order valence-electron chi connectivity index (χ4n) is 2.64. The predicted molar refractivity (Wildman–Crippen MR) is 102 cm³/mol. The fourth-order valence-corrected chi connectivity index (χ4v) is 2.91. The molecule has 0 bridgehead atoms. The van der Waals surface area contributed by atoms with Gasteiger partial charge in [-0.1, -0.05) is 29.8 Å². The number of hydrogen-bond donors (Lipinski definition) is 2. The van der Waals surface area contributed by atoms with Gasteiger partial charge in [0.1, 0.15) is 0 Å². The van der Waals surface area contributed by atoms with E-state index in [1.807, 2.05) is 30.3 Å². The molecule has 26 heavy (non-hydrogen) atoms. The van der Waals surface area contributed by atoms with Gasteiger partial charge in [-0.25, -0.2) is 0 Å². The van der Waals surface area contributed by atoms with Crippen LogP contribution in [-0.4, -0.2) is 49.6 Å². The van der Waals surface area contributed by atoms with E-state index in [-0.39, 0.29) is 18.4 Å². The van der Waals surface area contributed by atoms with Crippen molar-refractivity contribution in [1.82, 2.24) is 4.90 Å². The summed E-state index contributed by atoms with van der Waals surface area (Å²) < 4.78 is 5.26. The highest BCUT2D eigenvalue weighted by molar-refractivity contribution is 6.34. The molecule has 0 spiro atoms. The van der Waals surface area contributed by atoms with Crippen LogP contribution in [0.3, 0.4) is 0 Å². The summed E-state index contributed by atoms with van der Waals surface area (Å²) in [5.41, 5.74) is 1.87. The number of rotatable bonds is 5. The Bertz CT molecular complexity index is 777. The highest BCUT2D eigenvalue weighted by Crippen LogP contribution is 2.23. The number of ether oxygens (including phenoxy) is 1. The normalized spacial score (nSPS) is 14.0. The van der Waals surface area contributed by atoms with Gasteiger partial charge in [0, 0.05) is 24.5 Å². The monoisotopic (exact) mass is 373 g/mol. The molecule has 1 aliphatic heterocycles. The van der Waals surface area contributed by atoms with Gasteiger partial charge in [0.25, 0.3) is 5.91 Å². The first kappa shape index (κ1) is 18.2. The van der Waals surface area contributed by atoms with Crippen molar-refractivity contribution in [3.05, 3.63) is 59.1 Å². The number of halogens is 1. The van der Waals surface area contributed by atoms with Crippen molar-refractivity contribution in [2.75, 3.05) is 43.5 Å². The van der Waals surface area contributed by atoms with E-state index in [0.717, 1.165) is 5.69 Å². The summed E-state index contributed by atoms with van der Waals surface area (Å²) in [5, 5.41) is 6.16. The fraction of sp³-hybridized carbons (Fsp3) is 0.263. The first-order valence-electron chi connectivity index (χ1n) is 8.39. The van der Waals surface area contributed by atoms with Crippen LogP contribution in [0.15, 0.2) is 48.5 Å². The van der Waals surface area contributed by atoms with E-state index in [0.29, 0.717) is 42.6 Å². The van der Waals surface area contributed by atoms with Crippen molar-refractivity contribution >= 4 is 34.8 Å². The third-order valence-corrected chi connectivity index (χ3v) is 4.32. The molecule has 1 aliphatic rings. The molecule has 6 nitrogen and oxygen atoms in total. The maximum atomic E-state index is 12.5. The second kappa shape index (κ2) is 8.69. The highest BCUT2D eigenvalue weighted by atomic mass is 35.5. The van der Waals surface area contributed by atoms with Gasteiger partial charge in [0.2, 0.25) is 5.91 Å². The number of morpholine rings is 1. The van der Waals surface area contributed by atoms with Gasteiger partial charge in [-0.05, 0) is 30.3 Å². The Kier molecular flexibility index (Phi) is 6.09. The van der Waals surface area contributed by atoms with E-state index < -0.39 is 0 Å². The SMILES string of the molecule is O=C(CNc1ccc(C(=O)N2CCOCC2)c(Cl)c1)Nc1ccccc1. The lowest BCUT2D eigenvalue weighted by Gasteiger charge is -2.27. The van der Waals surface area contributed by atoms with Crippen molar-refractivity contribution < 1.29 is 14.3 Å². The van der Waals surface area contributed by atoms with Crippen LogP contribution >= 0.6 is 11.6 Å². The van der Waals surface area contributed by atoms with Gasteiger partial charge in [-0.15, -0.1) is 0 Å². The topological polar surface area (TPSA) is 70.7 Å². The average molecular weight is 374 g/mol. The lowest BCUT2D eigenvalue weighted by Crippen LogP contribution is -2.40. The molecule has 3 rings (SSSR count). The van der Waals surface area contributed by atoms with Crippen LogP contribution < -0.4 is 10.6 Å². The number of anilines is 2. The van der Waals surface area contributed by atoms with E-state index in [9.17, 15) is 9.59 Å². The molecule has 1 heterocycles. The number of hydrogen-bond acceptors (Lipinski definition) is 4. The number of nitrogens with one attached hydrogen (secondary N) is 2. The second-order valence-electron chi connectivity index (χ2n) is 5.87. The number of nitrogens with zero attached hydrogens (tertiary/aromatic N) is 1. The number of carbonyl (C=O) groups is 2. The molecule has 0 aliphatic carbocycles. The van der Waals surface area contributed by atoms with E-state index in [4.69, 9.17) is 16.3 Å². The maximum Gasteiger partial charge on any atom is 0.255 e. The lowest BCUT2D eigenvalue weighted by atomic mass is 10.1. The molecular weight excluding hydrogens is 354 g/mol. The number of amides is 2. The quantitative estimate of drug-likeness (QED) is 0.845. The van der Waals surface area contributed by atoms with Crippen LogP contribution in [0, 0.1) is 0 Å². The van der Waals surface area contributed by atoms with Crippen molar-refractivity contribution in [3.8, 4) is 0 Å². The molecule has 1 saturated heterocycles. The molecule has 1 fully saturated rings. The third-order valence-electron chi connectivity index (χ3n) is 4.01. The van der Waals surface area contributed by atoms with Crippen molar-refractivity contribution in [1.29, 1.82) is 0 Å². The van der Waals surface area contributed by atoms with Gasteiger partial charge in [0.15, 0.2) is 0 Å². The van der Waals surface area contributed by atoms with Crippen molar-refractivity contribution in [3.63, 3.8) is 0 Å². The molecule has 2 aromatic rings. The standard InChI is InChI=1S/C19H20ClN3O3/c20-17-12-15(21-13-18(24)22-14-4-2-1-3-5-14)6-7-16(17)19(25)23-8-10-26-11-9-23/h1-7,12,21H,8-11,13H2,(H,22,24). The van der Waals surface area contributed by atoms with Crippen LogP contribution in [0.2, 0.25) is 5.02 Å². The molecule has 7 heteroatoms. The number of benzene rings is 2. The van der Waals surface area contributed by atoms with Gasteiger partial charge < -0.3 is 20.3 Å². The molecule has 136 valence electrons. The Morgan fingerprint density at radius 1 is 1.04 bits per heavy atom. The zero-order valence-electron chi connectivity index (χ0n) is 14.2. The molecule has 0 radical (unpaired) electrons. The molecule has 2 N–H and O–H groups in total. The summed E-state index contributed by atoms with van der Waals surface area (Å²) in [7, 11) is 0. The van der Waals surface area contributed by atoms with Crippen LogP contribution in [0.25, 0.3) is 0 Å². The second-order valence-corrected chi connectivity index (χ2v) is 6.27. The molecule has 0 saturated carbocycles. The Morgan fingerprint density at radius 2 is 1.77 bits per heavy atom. The summed E-state index contributed by atoms with van der Waals surface area (Å²) in [6.07, 6.45) is 0. The molecular formula is C19H20ClN3O3. The summed E-state index contributed by atoms with van der Waals surface area (Å²) in [4.78, 5) is 26.2. The van der Waals surface area contributed by atoms with Gasteiger partial charge in [-0.3, -0.25) is 9.59 Å². The summed E-state index contributed by atoms with van der Waals surface area (Å²) in [6, 6.07) is 14.3.